The highest BCUT2D eigenvalue weighted by atomic mass is 35.5. The van der Waals surface area contributed by atoms with E-state index in [1.54, 1.807) is 37.3 Å². The van der Waals surface area contributed by atoms with Crippen LogP contribution in [-0.4, -0.2) is 18.6 Å². The molecule has 0 saturated heterocycles. The molecule has 0 fully saturated rings. The number of halogens is 1. The van der Waals surface area contributed by atoms with Crippen LogP contribution >= 0.6 is 11.6 Å². The van der Waals surface area contributed by atoms with Crippen molar-refractivity contribution in [3.8, 4) is 11.5 Å². The Kier molecular flexibility index (Phi) is 5.67. The first-order chi connectivity index (χ1) is 10.6. The zero-order valence-electron chi connectivity index (χ0n) is 12.5. The molecule has 2 aromatic rings. The number of nitrogens with one attached hydrogen (secondary N) is 1. The van der Waals surface area contributed by atoms with E-state index in [-0.39, 0.29) is 5.91 Å². The summed E-state index contributed by atoms with van der Waals surface area (Å²) >= 11 is 5.81. The van der Waals surface area contributed by atoms with Gasteiger partial charge in [0.2, 0.25) is 0 Å². The smallest absolute Gasteiger partial charge is 0.265 e. The first kappa shape index (κ1) is 16.2. The highest BCUT2D eigenvalue weighted by Crippen LogP contribution is 2.27. The maximum absolute atomic E-state index is 12.2. The summed E-state index contributed by atoms with van der Waals surface area (Å²) in [6.07, 6.45) is -0.655. The maximum Gasteiger partial charge on any atom is 0.265 e. The number of carbonyl (C=O) groups is 1. The van der Waals surface area contributed by atoms with Gasteiger partial charge in [-0.2, -0.15) is 0 Å². The first-order valence-electron chi connectivity index (χ1n) is 7.05. The normalized spacial score (nSPS) is 11.6. The fraction of sp³-hybridized carbons (Fsp3) is 0.235. The van der Waals surface area contributed by atoms with Gasteiger partial charge in [-0.25, -0.2) is 0 Å². The molecule has 2 rings (SSSR count). The molecule has 0 aliphatic rings. The van der Waals surface area contributed by atoms with Crippen LogP contribution in [-0.2, 0) is 4.79 Å². The van der Waals surface area contributed by atoms with Gasteiger partial charge in [0.15, 0.2) is 17.6 Å². The van der Waals surface area contributed by atoms with Gasteiger partial charge in [0.05, 0.1) is 6.61 Å². The zero-order chi connectivity index (χ0) is 15.9. The van der Waals surface area contributed by atoms with Crippen molar-refractivity contribution < 1.29 is 14.3 Å². The molecular formula is C17H18ClNO3. The topological polar surface area (TPSA) is 47.6 Å². The van der Waals surface area contributed by atoms with Gasteiger partial charge in [0, 0.05) is 10.7 Å². The van der Waals surface area contributed by atoms with Crippen molar-refractivity contribution >= 4 is 23.2 Å². The van der Waals surface area contributed by atoms with Gasteiger partial charge in [0.25, 0.3) is 5.91 Å². The third kappa shape index (κ3) is 4.40. The van der Waals surface area contributed by atoms with Crippen molar-refractivity contribution in [3.05, 3.63) is 53.6 Å². The van der Waals surface area contributed by atoms with Crippen LogP contribution in [0, 0.1) is 0 Å². The van der Waals surface area contributed by atoms with Crippen molar-refractivity contribution in [1.82, 2.24) is 0 Å². The average Bonchev–Trinajstić information content (AvgIpc) is 2.51. The van der Waals surface area contributed by atoms with Gasteiger partial charge < -0.3 is 14.8 Å². The highest BCUT2D eigenvalue weighted by Gasteiger charge is 2.16. The Morgan fingerprint density at radius 2 is 1.77 bits per heavy atom. The predicted molar refractivity (Wildman–Crippen MR) is 87.8 cm³/mol. The van der Waals surface area contributed by atoms with Crippen LogP contribution in [0.25, 0.3) is 0 Å². The Morgan fingerprint density at radius 3 is 2.41 bits per heavy atom. The van der Waals surface area contributed by atoms with E-state index in [0.717, 1.165) is 0 Å². The van der Waals surface area contributed by atoms with Crippen molar-refractivity contribution in [2.75, 3.05) is 11.9 Å². The number of anilines is 1. The number of hydrogen-bond acceptors (Lipinski definition) is 3. The van der Waals surface area contributed by atoms with E-state index < -0.39 is 6.10 Å². The SMILES string of the molecule is CCOc1ccccc1O[C@@H](C)C(=O)Nc1ccc(Cl)cc1. The summed E-state index contributed by atoms with van der Waals surface area (Å²) in [6.45, 7) is 4.12. The summed E-state index contributed by atoms with van der Waals surface area (Å²) in [5, 5.41) is 3.40. The molecule has 0 aliphatic carbocycles. The van der Waals surface area contributed by atoms with E-state index in [1.165, 1.54) is 0 Å². The summed E-state index contributed by atoms with van der Waals surface area (Å²) in [6, 6.07) is 14.2. The van der Waals surface area contributed by atoms with Crippen molar-refractivity contribution in [1.29, 1.82) is 0 Å². The average molecular weight is 320 g/mol. The third-order valence-corrected chi connectivity index (χ3v) is 3.19. The molecule has 0 heterocycles. The summed E-state index contributed by atoms with van der Waals surface area (Å²) in [4.78, 5) is 12.2. The van der Waals surface area contributed by atoms with E-state index in [9.17, 15) is 4.79 Å². The Labute approximate surface area is 135 Å². The Hall–Kier alpha value is -2.20. The second-order valence-corrected chi connectivity index (χ2v) is 5.07. The van der Waals surface area contributed by atoms with Crippen molar-refractivity contribution in [2.45, 2.75) is 20.0 Å². The summed E-state index contributed by atoms with van der Waals surface area (Å²) in [5.41, 5.74) is 0.669. The van der Waals surface area contributed by atoms with Gasteiger partial charge in [-0.1, -0.05) is 23.7 Å². The van der Waals surface area contributed by atoms with Gasteiger partial charge in [-0.15, -0.1) is 0 Å². The molecule has 0 aromatic heterocycles. The molecule has 0 bridgehead atoms. The third-order valence-electron chi connectivity index (χ3n) is 2.93. The molecule has 0 unspecified atom stereocenters. The lowest BCUT2D eigenvalue weighted by molar-refractivity contribution is -0.122. The molecule has 22 heavy (non-hydrogen) atoms. The molecule has 5 heteroatoms. The number of para-hydroxylation sites is 2. The van der Waals surface area contributed by atoms with Crippen LogP contribution in [0.1, 0.15) is 13.8 Å². The van der Waals surface area contributed by atoms with Crippen LogP contribution in [0.2, 0.25) is 5.02 Å². The predicted octanol–water partition coefficient (Wildman–Crippen LogP) is 4.14. The molecule has 0 radical (unpaired) electrons. The van der Waals surface area contributed by atoms with Crippen molar-refractivity contribution in [3.63, 3.8) is 0 Å². The fourth-order valence-corrected chi connectivity index (χ4v) is 1.97. The van der Waals surface area contributed by atoms with Crippen molar-refractivity contribution in [2.24, 2.45) is 0 Å². The minimum Gasteiger partial charge on any atom is -0.490 e. The fourth-order valence-electron chi connectivity index (χ4n) is 1.84. The number of rotatable bonds is 6. The Morgan fingerprint density at radius 1 is 1.14 bits per heavy atom. The molecule has 1 N–H and O–H groups in total. The highest BCUT2D eigenvalue weighted by molar-refractivity contribution is 6.30. The van der Waals surface area contributed by atoms with E-state index in [2.05, 4.69) is 5.32 Å². The van der Waals surface area contributed by atoms with Crippen LogP contribution in [0.15, 0.2) is 48.5 Å². The Bertz CT molecular complexity index is 628. The molecule has 2 aromatic carbocycles. The van der Waals surface area contributed by atoms with Crippen LogP contribution < -0.4 is 14.8 Å². The molecular weight excluding hydrogens is 302 g/mol. The molecule has 0 saturated carbocycles. The molecule has 0 aliphatic heterocycles. The second kappa shape index (κ2) is 7.71. The van der Waals surface area contributed by atoms with E-state index in [4.69, 9.17) is 21.1 Å². The van der Waals surface area contributed by atoms with Gasteiger partial charge in [0.1, 0.15) is 0 Å². The zero-order valence-corrected chi connectivity index (χ0v) is 13.3. The monoisotopic (exact) mass is 319 g/mol. The number of ether oxygens (including phenoxy) is 2. The van der Waals surface area contributed by atoms with Crippen LogP contribution in [0.4, 0.5) is 5.69 Å². The number of amides is 1. The first-order valence-corrected chi connectivity index (χ1v) is 7.43. The van der Waals surface area contributed by atoms with Gasteiger partial charge >= 0.3 is 0 Å². The summed E-state index contributed by atoms with van der Waals surface area (Å²) in [7, 11) is 0. The maximum atomic E-state index is 12.2. The molecule has 1 atom stereocenters. The van der Waals surface area contributed by atoms with Gasteiger partial charge in [-0.3, -0.25) is 4.79 Å². The van der Waals surface area contributed by atoms with E-state index in [1.807, 2.05) is 25.1 Å². The number of hydrogen-bond donors (Lipinski definition) is 1. The molecule has 116 valence electrons. The summed E-state index contributed by atoms with van der Waals surface area (Å²) < 4.78 is 11.2. The minimum absolute atomic E-state index is 0.242. The molecule has 4 nitrogen and oxygen atoms in total. The Balaban J connectivity index is 2.00. The van der Waals surface area contributed by atoms with Crippen LogP contribution in [0.3, 0.4) is 0 Å². The minimum atomic E-state index is -0.655. The van der Waals surface area contributed by atoms with Crippen LogP contribution in [0.5, 0.6) is 11.5 Å². The standard InChI is InChI=1S/C17H18ClNO3/c1-3-21-15-6-4-5-7-16(15)22-12(2)17(20)19-14-10-8-13(18)9-11-14/h4-12H,3H2,1-2H3,(H,19,20)/t12-/m0/s1. The molecule has 0 spiro atoms. The largest absolute Gasteiger partial charge is 0.490 e. The van der Waals surface area contributed by atoms with E-state index >= 15 is 0 Å². The number of carbonyl (C=O) groups excluding carboxylic acids is 1. The van der Waals surface area contributed by atoms with Gasteiger partial charge in [-0.05, 0) is 50.2 Å². The number of benzene rings is 2. The lowest BCUT2D eigenvalue weighted by Crippen LogP contribution is -2.30. The summed E-state index contributed by atoms with van der Waals surface area (Å²) in [5.74, 6) is 0.924. The van der Waals surface area contributed by atoms with E-state index in [0.29, 0.717) is 28.8 Å². The second-order valence-electron chi connectivity index (χ2n) is 4.64. The quantitative estimate of drug-likeness (QED) is 0.870. The lowest BCUT2D eigenvalue weighted by atomic mass is 10.3. The molecule has 1 amide bonds. The lowest BCUT2D eigenvalue weighted by Gasteiger charge is -2.17.